The number of rotatable bonds is 1. The number of aryl methyl sites for hydroxylation is 1. The Balaban J connectivity index is 2.16. The van der Waals surface area contributed by atoms with Crippen molar-refractivity contribution in [1.82, 2.24) is 9.88 Å². The molecule has 0 saturated carbocycles. The second-order valence-electron chi connectivity index (χ2n) is 4.57. The fourth-order valence-corrected chi connectivity index (χ4v) is 2.11. The molecule has 0 aromatic carbocycles. The fraction of sp³-hybridized carbons (Fsp3) is 0.583. The van der Waals surface area contributed by atoms with Crippen molar-refractivity contribution in [2.45, 2.75) is 13.3 Å². The van der Waals surface area contributed by atoms with Gasteiger partial charge in [0.2, 0.25) is 0 Å². The molecule has 2 heterocycles. The van der Waals surface area contributed by atoms with E-state index in [0.717, 1.165) is 43.2 Å². The second kappa shape index (κ2) is 4.70. The molecule has 0 unspecified atom stereocenters. The second-order valence-corrected chi connectivity index (χ2v) is 4.57. The zero-order valence-corrected chi connectivity index (χ0v) is 10.1. The minimum Gasteiger partial charge on any atom is -0.396 e. The van der Waals surface area contributed by atoms with Crippen LogP contribution in [0.4, 0.5) is 11.5 Å². The molecule has 1 saturated heterocycles. The minimum atomic E-state index is 0.796. The maximum Gasteiger partial charge on any atom is 0.151 e. The maximum absolute atomic E-state index is 6.02. The molecule has 4 nitrogen and oxygen atoms in total. The van der Waals surface area contributed by atoms with Crippen LogP contribution >= 0.6 is 0 Å². The van der Waals surface area contributed by atoms with Crippen molar-refractivity contribution in [2.75, 3.05) is 43.9 Å². The first-order valence-electron chi connectivity index (χ1n) is 5.82. The lowest BCUT2D eigenvalue weighted by Gasteiger charge is -2.23. The van der Waals surface area contributed by atoms with Gasteiger partial charge < -0.3 is 15.5 Å². The first-order chi connectivity index (χ1) is 7.66. The van der Waals surface area contributed by atoms with Crippen LogP contribution in [0.1, 0.15) is 12.0 Å². The Hall–Kier alpha value is -1.29. The summed E-state index contributed by atoms with van der Waals surface area (Å²) in [6.45, 7) is 6.31. The predicted molar refractivity (Wildman–Crippen MR) is 67.7 cm³/mol. The van der Waals surface area contributed by atoms with Crippen LogP contribution in [-0.2, 0) is 0 Å². The Morgan fingerprint density at radius 2 is 2.06 bits per heavy atom. The standard InChI is InChI=1S/C12H20N4/c1-10-8-11(13)12(14-9-10)16-5-3-4-15(2)6-7-16/h8-9H,3-7,13H2,1-2H3. The van der Waals surface area contributed by atoms with Crippen molar-refractivity contribution in [1.29, 1.82) is 0 Å². The van der Waals surface area contributed by atoms with Gasteiger partial charge in [0, 0.05) is 25.8 Å². The molecule has 0 radical (unpaired) electrons. The Labute approximate surface area is 97.1 Å². The van der Waals surface area contributed by atoms with Crippen molar-refractivity contribution in [3.05, 3.63) is 17.8 Å². The third-order valence-electron chi connectivity index (χ3n) is 3.05. The summed E-state index contributed by atoms with van der Waals surface area (Å²) in [6.07, 6.45) is 3.06. The maximum atomic E-state index is 6.02. The number of nitrogen functional groups attached to an aromatic ring is 1. The van der Waals surface area contributed by atoms with Gasteiger partial charge >= 0.3 is 0 Å². The van der Waals surface area contributed by atoms with Crippen LogP contribution in [0.15, 0.2) is 12.3 Å². The van der Waals surface area contributed by atoms with Crippen LogP contribution in [0.2, 0.25) is 0 Å². The van der Waals surface area contributed by atoms with Crippen LogP contribution < -0.4 is 10.6 Å². The third-order valence-corrected chi connectivity index (χ3v) is 3.05. The molecular weight excluding hydrogens is 200 g/mol. The molecule has 0 atom stereocenters. The van der Waals surface area contributed by atoms with E-state index in [0.29, 0.717) is 0 Å². The van der Waals surface area contributed by atoms with Crippen molar-refractivity contribution in [3.8, 4) is 0 Å². The van der Waals surface area contributed by atoms with E-state index >= 15 is 0 Å². The van der Waals surface area contributed by atoms with Gasteiger partial charge in [0.05, 0.1) is 5.69 Å². The van der Waals surface area contributed by atoms with E-state index in [2.05, 4.69) is 21.8 Å². The van der Waals surface area contributed by atoms with Gasteiger partial charge in [-0.1, -0.05) is 0 Å². The quantitative estimate of drug-likeness (QED) is 0.770. The van der Waals surface area contributed by atoms with E-state index in [4.69, 9.17) is 5.73 Å². The van der Waals surface area contributed by atoms with Gasteiger partial charge in [-0.2, -0.15) is 0 Å². The molecule has 0 spiro atoms. The van der Waals surface area contributed by atoms with Crippen molar-refractivity contribution < 1.29 is 0 Å². The van der Waals surface area contributed by atoms with E-state index in [-0.39, 0.29) is 0 Å². The Kier molecular flexibility index (Phi) is 3.29. The highest BCUT2D eigenvalue weighted by Crippen LogP contribution is 2.21. The molecular formula is C12H20N4. The Morgan fingerprint density at radius 3 is 2.81 bits per heavy atom. The van der Waals surface area contributed by atoms with E-state index in [1.54, 1.807) is 0 Å². The van der Waals surface area contributed by atoms with Gasteiger partial charge in [-0.3, -0.25) is 0 Å². The first kappa shape index (κ1) is 11.2. The van der Waals surface area contributed by atoms with Crippen molar-refractivity contribution >= 4 is 11.5 Å². The molecule has 1 aromatic heterocycles. The summed E-state index contributed by atoms with van der Waals surface area (Å²) in [5.74, 6) is 0.945. The zero-order chi connectivity index (χ0) is 11.5. The van der Waals surface area contributed by atoms with Gasteiger partial charge in [0.25, 0.3) is 0 Å². The van der Waals surface area contributed by atoms with Crippen LogP contribution in [0.3, 0.4) is 0 Å². The predicted octanol–water partition coefficient (Wildman–Crippen LogP) is 1.11. The lowest BCUT2D eigenvalue weighted by molar-refractivity contribution is 0.360. The zero-order valence-electron chi connectivity index (χ0n) is 10.1. The molecule has 2 N–H and O–H groups in total. The summed E-state index contributed by atoms with van der Waals surface area (Å²) in [6, 6.07) is 2.00. The largest absolute Gasteiger partial charge is 0.396 e. The number of aromatic nitrogens is 1. The third kappa shape index (κ3) is 2.44. The number of pyridine rings is 1. The summed E-state index contributed by atoms with van der Waals surface area (Å²) in [4.78, 5) is 9.09. The lowest BCUT2D eigenvalue weighted by Crippen LogP contribution is -2.30. The number of likely N-dealkylation sites (N-methyl/N-ethyl adjacent to an activating group) is 1. The van der Waals surface area contributed by atoms with Gasteiger partial charge in [-0.15, -0.1) is 0 Å². The first-order valence-corrected chi connectivity index (χ1v) is 5.82. The lowest BCUT2D eigenvalue weighted by atomic mass is 10.2. The van der Waals surface area contributed by atoms with Crippen molar-refractivity contribution in [3.63, 3.8) is 0 Å². The molecule has 0 amide bonds. The van der Waals surface area contributed by atoms with Crippen LogP contribution in [-0.4, -0.2) is 43.1 Å². The summed E-state index contributed by atoms with van der Waals surface area (Å²) >= 11 is 0. The molecule has 1 fully saturated rings. The van der Waals surface area contributed by atoms with Crippen LogP contribution in [0.5, 0.6) is 0 Å². The number of nitrogens with zero attached hydrogens (tertiary/aromatic N) is 3. The number of hydrogen-bond donors (Lipinski definition) is 1. The van der Waals surface area contributed by atoms with Gasteiger partial charge in [0.1, 0.15) is 0 Å². The fourth-order valence-electron chi connectivity index (χ4n) is 2.11. The summed E-state index contributed by atoms with van der Waals surface area (Å²) < 4.78 is 0. The topological polar surface area (TPSA) is 45.4 Å². The number of anilines is 2. The van der Waals surface area contributed by atoms with E-state index in [1.807, 2.05) is 19.2 Å². The molecule has 0 bridgehead atoms. The van der Waals surface area contributed by atoms with Crippen LogP contribution in [0.25, 0.3) is 0 Å². The molecule has 1 aromatic rings. The Morgan fingerprint density at radius 1 is 1.25 bits per heavy atom. The van der Waals surface area contributed by atoms with Gasteiger partial charge in [-0.05, 0) is 38.6 Å². The van der Waals surface area contributed by atoms with Gasteiger partial charge in [-0.25, -0.2) is 4.98 Å². The SMILES string of the molecule is Cc1cnc(N2CCCN(C)CC2)c(N)c1. The number of hydrogen-bond acceptors (Lipinski definition) is 4. The van der Waals surface area contributed by atoms with Crippen LogP contribution in [0, 0.1) is 6.92 Å². The summed E-state index contributed by atoms with van der Waals surface area (Å²) in [7, 11) is 2.16. The van der Waals surface area contributed by atoms with Crippen molar-refractivity contribution in [2.24, 2.45) is 0 Å². The molecule has 0 aliphatic carbocycles. The molecule has 4 heteroatoms. The van der Waals surface area contributed by atoms with E-state index < -0.39 is 0 Å². The Bertz CT molecular complexity index is 364. The highest BCUT2D eigenvalue weighted by atomic mass is 15.2. The average Bonchev–Trinajstić information content (AvgIpc) is 2.43. The highest BCUT2D eigenvalue weighted by Gasteiger charge is 2.15. The van der Waals surface area contributed by atoms with E-state index in [1.165, 1.54) is 6.42 Å². The molecule has 88 valence electrons. The summed E-state index contributed by atoms with van der Waals surface area (Å²) in [5, 5.41) is 0. The smallest absolute Gasteiger partial charge is 0.151 e. The number of nitrogens with two attached hydrogens (primary N) is 1. The molecule has 2 rings (SSSR count). The summed E-state index contributed by atoms with van der Waals surface area (Å²) in [5.41, 5.74) is 7.93. The minimum absolute atomic E-state index is 0.796. The molecule has 1 aliphatic heterocycles. The van der Waals surface area contributed by atoms with E-state index in [9.17, 15) is 0 Å². The normalized spacial score (nSPS) is 18.5. The monoisotopic (exact) mass is 220 g/mol. The molecule has 16 heavy (non-hydrogen) atoms. The average molecular weight is 220 g/mol. The van der Waals surface area contributed by atoms with Gasteiger partial charge in [0.15, 0.2) is 5.82 Å². The highest BCUT2D eigenvalue weighted by molar-refractivity contribution is 5.63. The molecule has 1 aliphatic rings.